The Balaban J connectivity index is 1.46. The predicted molar refractivity (Wildman–Crippen MR) is 124 cm³/mol. The van der Waals surface area contributed by atoms with Crippen molar-refractivity contribution in [3.63, 3.8) is 0 Å². The fourth-order valence-electron chi connectivity index (χ4n) is 2.59. The van der Waals surface area contributed by atoms with Crippen LogP contribution in [0.1, 0.15) is 21.5 Å². The molecule has 0 saturated heterocycles. The molecule has 0 aromatic heterocycles. The van der Waals surface area contributed by atoms with Gasteiger partial charge in [0.1, 0.15) is 12.4 Å². The van der Waals surface area contributed by atoms with Gasteiger partial charge in [0.05, 0.1) is 12.8 Å². The van der Waals surface area contributed by atoms with E-state index >= 15 is 0 Å². The highest BCUT2D eigenvalue weighted by molar-refractivity contribution is 9.10. The summed E-state index contributed by atoms with van der Waals surface area (Å²) in [6.07, 6.45) is 1.50. The fourth-order valence-corrected chi connectivity index (χ4v) is 3.23. The maximum Gasteiger partial charge on any atom is 0.259 e. The first-order chi connectivity index (χ1) is 15.0. The molecule has 158 valence electrons. The molecular weight excluding hydrogens is 482 g/mol. The summed E-state index contributed by atoms with van der Waals surface area (Å²) in [4.78, 5) is 23.9. The van der Waals surface area contributed by atoms with E-state index in [1.165, 1.54) is 12.3 Å². The monoisotopic (exact) mass is 499 g/mol. The molecule has 0 atom stereocenters. The smallest absolute Gasteiger partial charge is 0.259 e. The Bertz CT molecular complexity index is 1100. The summed E-state index contributed by atoms with van der Waals surface area (Å²) < 4.78 is 6.80. The van der Waals surface area contributed by atoms with Crippen LogP contribution in [0.4, 0.5) is 0 Å². The average molecular weight is 501 g/mol. The number of ether oxygens (including phenoxy) is 1. The minimum absolute atomic E-state index is 0.210. The Kier molecular flexibility index (Phi) is 8.20. The first kappa shape index (κ1) is 22.5. The van der Waals surface area contributed by atoms with Gasteiger partial charge in [-0.25, -0.2) is 5.43 Å². The molecule has 2 amide bonds. The van der Waals surface area contributed by atoms with Gasteiger partial charge in [-0.05, 0) is 53.6 Å². The Labute approximate surface area is 193 Å². The van der Waals surface area contributed by atoms with E-state index in [1.807, 2.05) is 48.5 Å². The molecule has 3 aromatic rings. The molecule has 0 aliphatic heterocycles. The number of amides is 2. The van der Waals surface area contributed by atoms with Crippen molar-refractivity contribution in [2.24, 2.45) is 5.10 Å². The molecule has 31 heavy (non-hydrogen) atoms. The van der Waals surface area contributed by atoms with Gasteiger partial charge < -0.3 is 10.1 Å². The second-order valence-electron chi connectivity index (χ2n) is 6.48. The zero-order valence-corrected chi connectivity index (χ0v) is 18.7. The summed E-state index contributed by atoms with van der Waals surface area (Å²) in [6, 6.07) is 21.7. The van der Waals surface area contributed by atoms with Crippen molar-refractivity contribution in [2.75, 3.05) is 6.54 Å². The zero-order chi connectivity index (χ0) is 22.1. The summed E-state index contributed by atoms with van der Waals surface area (Å²) in [5.74, 6) is -0.158. The van der Waals surface area contributed by atoms with Crippen LogP contribution in [0, 0.1) is 0 Å². The van der Waals surface area contributed by atoms with Crippen LogP contribution in [0.25, 0.3) is 0 Å². The van der Waals surface area contributed by atoms with Crippen LogP contribution in [0.3, 0.4) is 0 Å². The number of rotatable bonds is 8. The first-order valence-corrected chi connectivity index (χ1v) is 10.5. The van der Waals surface area contributed by atoms with E-state index in [-0.39, 0.29) is 6.54 Å². The van der Waals surface area contributed by atoms with Gasteiger partial charge in [0.15, 0.2) is 0 Å². The van der Waals surface area contributed by atoms with Crippen LogP contribution >= 0.6 is 27.5 Å². The normalized spacial score (nSPS) is 10.6. The summed E-state index contributed by atoms with van der Waals surface area (Å²) in [5, 5.41) is 6.88. The highest BCUT2D eigenvalue weighted by atomic mass is 79.9. The number of halogens is 2. The number of nitrogens with zero attached hydrogens (tertiary/aromatic N) is 1. The largest absolute Gasteiger partial charge is 0.489 e. The third kappa shape index (κ3) is 7.55. The predicted octanol–water partition coefficient (Wildman–Crippen LogP) is 4.56. The second-order valence-corrected chi connectivity index (χ2v) is 7.83. The summed E-state index contributed by atoms with van der Waals surface area (Å²) in [6.45, 7) is 0.224. The number of carbonyl (C=O) groups excluding carboxylic acids is 2. The lowest BCUT2D eigenvalue weighted by Crippen LogP contribution is -2.34. The van der Waals surface area contributed by atoms with E-state index in [1.54, 1.807) is 18.2 Å². The lowest BCUT2D eigenvalue weighted by molar-refractivity contribution is -0.120. The van der Waals surface area contributed by atoms with Crippen LogP contribution in [-0.4, -0.2) is 24.6 Å². The lowest BCUT2D eigenvalue weighted by Gasteiger charge is -2.07. The van der Waals surface area contributed by atoms with E-state index in [4.69, 9.17) is 16.3 Å². The molecule has 3 rings (SSSR count). The topological polar surface area (TPSA) is 79.8 Å². The van der Waals surface area contributed by atoms with Gasteiger partial charge in [-0.3, -0.25) is 9.59 Å². The Hall–Kier alpha value is -3.16. The van der Waals surface area contributed by atoms with Crippen molar-refractivity contribution in [3.8, 4) is 5.75 Å². The van der Waals surface area contributed by atoms with Gasteiger partial charge in [-0.2, -0.15) is 5.10 Å². The third-order valence-electron chi connectivity index (χ3n) is 4.05. The maximum absolute atomic E-state index is 12.0. The number of hydrogen-bond acceptors (Lipinski definition) is 4. The molecule has 0 bridgehead atoms. The molecule has 2 N–H and O–H groups in total. The van der Waals surface area contributed by atoms with Gasteiger partial charge in [-0.15, -0.1) is 0 Å². The lowest BCUT2D eigenvalue weighted by atomic mass is 10.2. The molecule has 0 fully saturated rings. The SMILES string of the molecule is O=C(CNC(=O)c1cccc(Cl)c1)N/N=C\c1cccc(OCc2cccc(Br)c2)c1. The molecule has 3 aromatic carbocycles. The third-order valence-corrected chi connectivity index (χ3v) is 4.78. The van der Waals surface area contributed by atoms with Crippen molar-refractivity contribution in [1.82, 2.24) is 10.7 Å². The number of nitrogens with one attached hydrogen (secondary N) is 2. The zero-order valence-electron chi connectivity index (χ0n) is 16.3. The number of carbonyl (C=O) groups is 2. The highest BCUT2D eigenvalue weighted by Crippen LogP contribution is 2.16. The van der Waals surface area contributed by atoms with Gasteiger partial charge >= 0.3 is 0 Å². The van der Waals surface area contributed by atoms with Crippen LogP contribution in [0.5, 0.6) is 5.75 Å². The Morgan fingerprint density at radius 2 is 1.84 bits per heavy atom. The van der Waals surface area contributed by atoms with E-state index in [0.717, 1.165) is 15.6 Å². The van der Waals surface area contributed by atoms with E-state index in [9.17, 15) is 9.59 Å². The van der Waals surface area contributed by atoms with Gasteiger partial charge in [-0.1, -0.05) is 57.9 Å². The Morgan fingerprint density at radius 1 is 1.03 bits per heavy atom. The molecule has 0 aliphatic carbocycles. The summed E-state index contributed by atoms with van der Waals surface area (Å²) in [7, 11) is 0. The van der Waals surface area contributed by atoms with Crippen molar-refractivity contribution in [3.05, 3.63) is 99.0 Å². The second kappa shape index (κ2) is 11.3. The van der Waals surface area contributed by atoms with Crippen LogP contribution in [-0.2, 0) is 11.4 Å². The van der Waals surface area contributed by atoms with Crippen LogP contribution < -0.4 is 15.5 Å². The molecule has 0 unspecified atom stereocenters. The number of benzene rings is 3. The maximum atomic E-state index is 12.0. The molecular formula is C23H19BrClN3O3. The fraction of sp³-hybridized carbons (Fsp3) is 0.0870. The van der Waals surface area contributed by atoms with Crippen molar-refractivity contribution in [1.29, 1.82) is 0 Å². The van der Waals surface area contributed by atoms with Gasteiger partial charge in [0.25, 0.3) is 11.8 Å². The molecule has 0 aliphatic rings. The van der Waals surface area contributed by atoms with Crippen molar-refractivity contribution in [2.45, 2.75) is 6.61 Å². The molecule has 8 heteroatoms. The number of hydrazone groups is 1. The minimum Gasteiger partial charge on any atom is -0.489 e. The molecule has 6 nitrogen and oxygen atoms in total. The molecule has 0 heterocycles. The first-order valence-electron chi connectivity index (χ1n) is 9.32. The average Bonchev–Trinajstić information content (AvgIpc) is 2.76. The number of hydrogen-bond donors (Lipinski definition) is 2. The van der Waals surface area contributed by atoms with Crippen LogP contribution in [0.15, 0.2) is 82.4 Å². The van der Waals surface area contributed by atoms with Gasteiger partial charge in [0.2, 0.25) is 0 Å². The molecule has 0 spiro atoms. The van der Waals surface area contributed by atoms with Gasteiger partial charge in [0, 0.05) is 15.1 Å². The summed E-state index contributed by atoms with van der Waals surface area (Å²) >= 11 is 9.30. The summed E-state index contributed by atoms with van der Waals surface area (Å²) in [5.41, 5.74) is 4.56. The highest BCUT2D eigenvalue weighted by Gasteiger charge is 2.07. The quantitative estimate of drug-likeness (QED) is 0.351. The molecule has 0 radical (unpaired) electrons. The molecule has 0 saturated carbocycles. The minimum atomic E-state index is -0.450. The van der Waals surface area contributed by atoms with Crippen molar-refractivity contribution >= 4 is 45.6 Å². The van der Waals surface area contributed by atoms with E-state index in [2.05, 4.69) is 31.8 Å². The Morgan fingerprint density at radius 3 is 2.65 bits per heavy atom. The standard InChI is InChI=1S/C23H19BrClN3O3/c24-19-7-1-5-17(10-19)15-31-21-9-2-4-16(11-21)13-27-28-22(29)14-26-23(30)18-6-3-8-20(25)12-18/h1-13H,14-15H2,(H,26,30)(H,28,29)/b27-13-. The van der Waals surface area contributed by atoms with Crippen LogP contribution in [0.2, 0.25) is 5.02 Å². The van der Waals surface area contributed by atoms with Crippen molar-refractivity contribution < 1.29 is 14.3 Å². The van der Waals surface area contributed by atoms with E-state index in [0.29, 0.717) is 22.9 Å². The van der Waals surface area contributed by atoms with E-state index < -0.39 is 11.8 Å².